The summed E-state index contributed by atoms with van der Waals surface area (Å²) in [7, 11) is 0. The molecule has 2 aliphatic heterocycles. The maximum absolute atomic E-state index is 16.1. The maximum Gasteiger partial charge on any atom is 0.133 e. The van der Waals surface area contributed by atoms with Crippen molar-refractivity contribution in [1.82, 2.24) is 4.90 Å². The fraction of sp³-hybridized carbons (Fsp3) is 0.486. The molecule has 1 unspecified atom stereocenters. The molecule has 0 radical (unpaired) electrons. The van der Waals surface area contributed by atoms with Crippen LogP contribution in [0.2, 0.25) is 0 Å². The lowest BCUT2D eigenvalue weighted by molar-refractivity contribution is 0.0571. The summed E-state index contributed by atoms with van der Waals surface area (Å²) in [4.78, 5) is 4.08. The first-order valence-electron chi connectivity index (χ1n) is 15.2. The van der Waals surface area contributed by atoms with Gasteiger partial charge in [-0.1, -0.05) is 62.6 Å². The Morgan fingerprint density at radius 1 is 0.878 bits per heavy atom. The van der Waals surface area contributed by atoms with E-state index in [0.717, 1.165) is 61.9 Å². The number of hydrogen-bond acceptors (Lipinski definition) is 3. The van der Waals surface area contributed by atoms with E-state index in [1.54, 1.807) is 0 Å². The fourth-order valence-corrected chi connectivity index (χ4v) is 6.49. The third kappa shape index (κ3) is 7.09. The van der Waals surface area contributed by atoms with Crippen LogP contribution < -0.4 is 9.64 Å². The Morgan fingerprint density at radius 3 is 2.17 bits per heavy atom. The van der Waals surface area contributed by atoms with Crippen LogP contribution >= 0.6 is 0 Å². The van der Waals surface area contributed by atoms with E-state index in [-0.39, 0.29) is 18.2 Å². The summed E-state index contributed by atoms with van der Waals surface area (Å²) in [5.41, 5.74) is 1.93. The Labute approximate surface area is 243 Å². The van der Waals surface area contributed by atoms with Crippen LogP contribution in [0.4, 0.5) is 18.9 Å². The zero-order valence-electron chi connectivity index (χ0n) is 24.6. The predicted octanol–water partition coefficient (Wildman–Crippen LogP) is 8.79. The molecular weight excluding hydrogens is 521 g/mol. The van der Waals surface area contributed by atoms with Gasteiger partial charge >= 0.3 is 0 Å². The molecule has 0 N–H and O–H groups in total. The molecule has 2 heterocycles. The van der Waals surface area contributed by atoms with Gasteiger partial charge in [0, 0.05) is 36.9 Å². The molecule has 0 amide bonds. The molecule has 0 bridgehead atoms. The SMILES string of the molecule is CC[C@@H]1Cc2cc(OCc3ccccc3)ccc2C(c2c(F)cc(N3CCCCCCC3)cc2F)N1CC(C)(C)F. The second kappa shape index (κ2) is 12.9. The molecule has 2 atom stereocenters. The van der Waals surface area contributed by atoms with E-state index in [9.17, 15) is 0 Å². The highest BCUT2D eigenvalue weighted by Crippen LogP contribution is 2.43. The quantitative estimate of drug-likeness (QED) is 0.272. The van der Waals surface area contributed by atoms with Crippen LogP contribution in [0.5, 0.6) is 5.75 Å². The van der Waals surface area contributed by atoms with Gasteiger partial charge in [-0.05, 0) is 80.5 Å². The zero-order valence-corrected chi connectivity index (χ0v) is 24.6. The first-order chi connectivity index (χ1) is 19.7. The summed E-state index contributed by atoms with van der Waals surface area (Å²) in [6, 6.07) is 17.9. The Bertz CT molecular complexity index is 1280. The van der Waals surface area contributed by atoms with Crippen LogP contribution in [0.15, 0.2) is 60.7 Å². The lowest BCUT2D eigenvalue weighted by atomic mass is 9.82. The molecule has 220 valence electrons. The van der Waals surface area contributed by atoms with Crippen molar-refractivity contribution in [3.8, 4) is 5.75 Å². The molecule has 0 saturated carbocycles. The molecule has 6 heteroatoms. The highest BCUT2D eigenvalue weighted by molar-refractivity contribution is 5.52. The van der Waals surface area contributed by atoms with Crippen LogP contribution in [0.25, 0.3) is 0 Å². The summed E-state index contributed by atoms with van der Waals surface area (Å²) in [5, 5.41) is 0. The molecule has 2 aliphatic rings. The summed E-state index contributed by atoms with van der Waals surface area (Å²) in [6.45, 7) is 7.23. The van der Waals surface area contributed by atoms with Gasteiger partial charge in [-0.15, -0.1) is 0 Å². The van der Waals surface area contributed by atoms with Crippen molar-refractivity contribution in [2.75, 3.05) is 24.5 Å². The molecule has 0 spiro atoms. The Balaban J connectivity index is 1.53. The van der Waals surface area contributed by atoms with Crippen molar-refractivity contribution in [2.45, 2.75) is 90.1 Å². The van der Waals surface area contributed by atoms with E-state index >= 15 is 13.2 Å². The number of fused-ring (bicyclic) bond motifs is 1. The Kier molecular flexibility index (Phi) is 9.28. The van der Waals surface area contributed by atoms with Gasteiger partial charge in [0.2, 0.25) is 0 Å². The summed E-state index contributed by atoms with van der Waals surface area (Å²) in [5.74, 6) is -0.421. The van der Waals surface area contributed by atoms with Gasteiger partial charge in [-0.3, -0.25) is 4.90 Å². The van der Waals surface area contributed by atoms with Crippen molar-refractivity contribution in [2.24, 2.45) is 0 Å². The first kappa shape index (κ1) is 29.5. The summed E-state index contributed by atoms with van der Waals surface area (Å²) >= 11 is 0. The fourth-order valence-electron chi connectivity index (χ4n) is 6.49. The molecule has 1 saturated heterocycles. The lowest BCUT2D eigenvalue weighted by Gasteiger charge is -2.45. The highest BCUT2D eigenvalue weighted by Gasteiger charge is 2.40. The van der Waals surface area contributed by atoms with Crippen molar-refractivity contribution < 1.29 is 17.9 Å². The van der Waals surface area contributed by atoms with E-state index in [2.05, 4.69) is 11.8 Å². The predicted molar refractivity (Wildman–Crippen MR) is 160 cm³/mol. The minimum atomic E-state index is -1.53. The summed E-state index contributed by atoms with van der Waals surface area (Å²) < 4.78 is 53.6. The smallest absolute Gasteiger partial charge is 0.133 e. The third-order valence-electron chi connectivity index (χ3n) is 8.50. The Hall–Kier alpha value is -2.99. The highest BCUT2D eigenvalue weighted by atomic mass is 19.1. The number of rotatable bonds is 8. The normalized spacial score (nSPS) is 20.3. The van der Waals surface area contributed by atoms with Gasteiger partial charge in [0.05, 0.1) is 6.04 Å². The largest absolute Gasteiger partial charge is 0.489 e. The third-order valence-corrected chi connectivity index (χ3v) is 8.50. The second-order valence-electron chi connectivity index (χ2n) is 12.3. The van der Waals surface area contributed by atoms with Gasteiger partial charge < -0.3 is 9.64 Å². The molecule has 3 aromatic carbocycles. The average molecular weight is 565 g/mol. The molecule has 41 heavy (non-hydrogen) atoms. The number of ether oxygens (including phenoxy) is 1. The Morgan fingerprint density at radius 2 is 1.54 bits per heavy atom. The standard InChI is InChI=1S/C35H43F3N2O/c1-4-27-19-26-20-29(41-23-25-13-9-8-10-14-25)15-16-30(26)34(40(27)24-35(2,3)38)33-31(36)21-28(22-32(33)37)39-17-11-6-5-7-12-18-39/h8-10,13-16,20-22,27,34H,4-7,11-12,17-19,23-24H2,1-3H3/t27-,34?/m1/s1. The van der Waals surface area contributed by atoms with E-state index in [1.165, 1.54) is 32.4 Å². The molecule has 0 aliphatic carbocycles. The topological polar surface area (TPSA) is 15.7 Å². The van der Waals surface area contributed by atoms with Crippen molar-refractivity contribution >= 4 is 5.69 Å². The van der Waals surface area contributed by atoms with E-state index < -0.39 is 23.3 Å². The van der Waals surface area contributed by atoms with Crippen molar-refractivity contribution in [1.29, 1.82) is 0 Å². The van der Waals surface area contributed by atoms with Crippen LogP contribution in [0.1, 0.15) is 87.6 Å². The molecular formula is C35H43F3N2O. The molecule has 3 nitrogen and oxygen atoms in total. The van der Waals surface area contributed by atoms with Gasteiger partial charge in [0.15, 0.2) is 0 Å². The van der Waals surface area contributed by atoms with Gasteiger partial charge in [0.25, 0.3) is 0 Å². The van der Waals surface area contributed by atoms with Gasteiger partial charge in [-0.25, -0.2) is 13.2 Å². The lowest BCUT2D eigenvalue weighted by Crippen LogP contribution is -2.49. The van der Waals surface area contributed by atoms with Gasteiger partial charge in [0.1, 0.15) is 29.7 Å². The zero-order chi connectivity index (χ0) is 29.0. The van der Waals surface area contributed by atoms with Crippen molar-refractivity contribution in [3.05, 3.63) is 94.6 Å². The first-order valence-corrected chi connectivity index (χ1v) is 15.2. The van der Waals surface area contributed by atoms with E-state index in [4.69, 9.17) is 4.74 Å². The number of benzene rings is 3. The van der Waals surface area contributed by atoms with E-state index in [0.29, 0.717) is 24.5 Å². The molecule has 3 aromatic rings. The van der Waals surface area contributed by atoms with E-state index in [1.807, 2.05) is 53.4 Å². The second-order valence-corrected chi connectivity index (χ2v) is 12.3. The van der Waals surface area contributed by atoms with Crippen LogP contribution in [-0.2, 0) is 13.0 Å². The molecule has 1 fully saturated rings. The van der Waals surface area contributed by atoms with Crippen molar-refractivity contribution in [3.63, 3.8) is 0 Å². The monoisotopic (exact) mass is 564 g/mol. The number of halogens is 3. The minimum Gasteiger partial charge on any atom is -0.489 e. The van der Waals surface area contributed by atoms with Crippen LogP contribution in [0.3, 0.4) is 0 Å². The summed E-state index contributed by atoms with van der Waals surface area (Å²) in [6.07, 6.45) is 6.94. The molecule has 0 aromatic heterocycles. The van der Waals surface area contributed by atoms with Gasteiger partial charge in [-0.2, -0.15) is 0 Å². The van der Waals surface area contributed by atoms with Crippen LogP contribution in [-0.4, -0.2) is 36.2 Å². The number of hydrogen-bond donors (Lipinski definition) is 0. The maximum atomic E-state index is 16.1. The average Bonchev–Trinajstić information content (AvgIpc) is 2.91. The minimum absolute atomic E-state index is 0.00222. The molecule has 5 rings (SSSR count). The number of alkyl halides is 1. The number of nitrogens with zero attached hydrogens (tertiary/aromatic N) is 2. The van der Waals surface area contributed by atoms with Crippen LogP contribution in [0, 0.1) is 11.6 Å². The number of anilines is 1.